The Bertz CT molecular complexity index is 769. The van der Waals surface area contributed by atoms with Crippen molar-refractivity contribution in [3.63, 3.8) is 0 Å². The van der Waals surface area contributed by atoms with Crippen LogP contribution in [0.3, 0.4) is 0 Å². The second-order valence-electron chi connectivity index (χ2n) is 5.99. The molecule has 6 nitrogen and oxygen atoms in total. The smallest absolute Gasteiger partial charge is 0.294 e. The number of aryl methyl sites for hydroxylation is 1. The maximum Gasteiger partial charge on any atom is 0.294 e. The fourth-order valence-electron chi connectivity index (χ4n) is 3.03. The van der Waals surface area contributed by atoms with Gasteiger partial charge in [-0.25, -0.2) is 14.1 Å². The number of carbonyl (C=O) groups is 2. The molecule has 1 aliphatic rings. The monoisotopic (exact) mass is 330 g/mol. The molecule has 1 aliphatic heterocycles. The third-order valence-corrected chi connectivity index (χ3v) is 4.26. The normalized spacial score (nSPS) is 17.8. The van der Waals surface area contributed by atoms with E-state index in [9.17, 15) is 14.0 Å². The number of likely N-dealkylation sites (tertiary alicyclic amines) is 1. The molecule has 0 radical (unpaired) electrons. The first kappa shape index (κ1) is 16.3. The molecule has 0 unspecified atom stereocenters. The Kier molecular flexibility index (Phi) is 4.42. The molecule has 24 heavy (non-hydrogen) atoms. The molecule has 0 bridgehead atoms. The van der Waals surface area contributed by atoms with Crippen molar-refractivity contribution in [1.82, 2.24) is 19.7 Å². The van der Waals surface area contributed by atoms with Crippen LogP contribution in [0, 0.1) is 12.7 Å². The summed E-state index contributed by atoms with van der Waals surface area (Å²) in [5, 5.41) is 4.26. The molecule has 0 saturated carbocycles. The topological polar surface area (TPSA) is 68.1 Å². The van der Waals surface area contributed by atoms with Gasteiger partial charge in [-0.15, -0.1) is 5.10 Å². The van der Waals surface area contributed by atoms with Crippen LogP contribution >= 0.6 is 0 Å². The van der Waals surface area contributed by atoms with Gasteiger partial charge in [0.05, 0.1) is 11.7 Å². The highest BCUT2D eigenvalue weighted by molar-refractivity contribution is 5.95. The maximum atomic E-state index is 13.1. The molecule has 1 amide bonds. The Labute approximate surface area is 139 Å². The zero-order valence-electron chi connectivity index (χ0n) is 13.7. The van der Waals surface area contributed by atoms with Crippen molar-refractivity contribution in [3.8, 4) is 5.69 Å². The predicted octanol–water partition coefficient (Wildman–Crippen LogP) is 2.30. The minimum Gasteiger partial charge on any atom is -0.326 e. The Balaban J connectivity index is 1.89. The van der Waals surface area contributed by atoms with Gasteiger partial charge in [0.1, 0.15) is 11.6 Å². The molecular formula is C17H19FN4O2. The zero-order chi connectivity index (χ0) is 17.3. The number of benzene rings is 1. The van der Waals surface area contributed by atoms with Gasteiger partial charge in [-0.05, 0) is 57.4 Å². The molecule has 1 fully saturated rings. The van der Waals surface area contributed by atoms with Crippen LogP contribution in [-0.4, -0.2) is 43.9 Å². The van der Waals surface area contributed by atoms with E-state index in [1.807, 2.05) is 0 Å². The lowest BCUT2D eigenvalue weighted by atomic mass is 9.99. The minimum absolute atomic E-state index is 0.0160. The Morgan fingerprint density at radius 3 is 2.58 bits per heavy atom. The first-order valence-electron chi connectivity index (χ1n) is 7.98. The van der Waals surface area contributed by atoms with Crippen LogP contribution in [0.1, 0.15) is 42.6 Å². The van der Waals surface area contributed by atoms with Crippen molar-refractivity contribution in [1.29, 1.82) is 0 Å². The molecule has 1 aromatic carbocycles. The summed E-state index contributed by atoms with van der Waals surface area (Å²) in [5.41, 5.74) is 0.627. The summed E-state index contributed by atoms with van der Waals surface area (Å²) in [7, 11) is 0. The van der Waals surface area contributed by atoms with E-state index in [0.29, 0.717) is 24.5 Å². The summed E-state index contributed by atoms with van der Waals surface area (Å²) in [6, 6.07) is 5.40. The third kappa shape index (κ3) is 3.06. The van der Waals surface area contributed by atoms with Gasteiger partial charge in [0.15, 0.2) is 5.78 Å². The molecule has 7 heteroatoms. The van der Waals surface area contributed by atoms with Crippen LogP contribution < -0.4 is 0 Å². The van der Waals surface area contributed by atoms with E-state index < -0.39 is 6.04 Å². The molecule has 3 rings (SSSR count). The number of hydrogen-bond donors (Lipinski definition) is 0. The predicted molar refractivity (Wildman–Crippen MR) is 85.4 cm³/mol. The number of carbonyl (C=O) groups excluding carboxylic acids is 2. The number of amides is 1. The van der Waals surface area contributed by atoms with Gasteiger partial charge in [0, 0.05) is 6.54 Å². The fourth-order valence-corrected chi connectivity index (χ4v) is 3.03. The summed E-state index contributed by atoms with van der Waals surface area (Å²) in [6.45, 7) is 3.77. The van der Waals surface area contributed by atoms with E-state index >= 15 is 0 Å². The van der Waals surface area contributed by atoms with Gasteiger partial charge in [-0.3, -0.25) is 9.59 Å². The first-order chi connectivity index (χ1) is 11.5. The first-order valence-corrected chi connectivity index (χ1v) is 7.98. The van der Waals surface area contributed by atoms with Gasteiger partial charge in [0.2, 0.25) is 5.82 Å². The van der Waals surface area contributed by atoms with Crippen molar-refractivity contribution in [2.45, 2.75) is 39.2 Å². The number of ketones is 1. The van der Waals surface area contributed by atoms with Crippen LogP contribution in [0.5, 0.6) is 0 Å². The summed E-state index contributed by atoms with van der Waals surface area (Å²) < 4.78 is 14.6. The Morgan fingerprint density at radius 1 is 1.21 bits per heavy atom. The van der Waals surface area contributed by atoms with Crippen LogP contribution in [0.25, 0.3) is 5.69 Å². The maximum absolute atomic E-state index is 13.1. The highest BCUT2D eigenvalue weighted by Crippen LogP contribution is 2.20. The molecule has 1 saturated heterocycles. The van der Waals surface area contributed by atoms with Gasteiger partial charge in [-0.1, -0.05) is 0 Å². The molecule has 126 valence electrons. The van der Waals surface area contributed by atoms with Crippen LogP contribution in [0.2, 0.25) is 0 Å². The highest BCUT2D eigenvalue weighted by Gasteiger charge is 2.32. The van der Waals surface area contributed by atoms with Crippen molar-refractivity contribution < 1.29 is 14.0 Å². The zero-order valence-corrected chi connectivity index (χ0v) is 13.7. The quantitative estimate of drug-likeness (QED) is 0.866. The Hall–Kier alpha value is -2.57. The van der Waals surface area contributed by atoms with Gasteiger partial charge in [0.25, 0.3) is 5.91 Å². The summed E-state index contributed by atoms with van der Waals surface area (Å²) in [6.07, 6.45) is 2.48. The van der Waals surface area contributed by atoms with E-state index in [0.717, 1.165) is 12.8 Å². The summed E-state index contributed by atoms with van der Waals surface area (Å²) in [4.78, 5) is 30.3. The molecule has 1 atom stereocenters. The van der Waals surface area contributed by atoms with Gasteiger partial charge < -0.3 is 4.90 Å². The molecule has 0 spiro atoms. The van der Waals surface area contributed by atoms with Crippen molar-refractivity contribution >= 4 is 11.7 Å². The van der Waals surface area contributed by atoms with Crippen LogP contribution in [0.15, 0.2) is 24.3 Å². The lowest BCUT2D eigenvalue weighted by Crippen LogP contribution is -2.47. The average molecular weight is 330 g/mol. The molecule has 2 aromatic rings. The minimum atomic E-state index is -0.399. The van der Waals surface area contributed by atoms with E-state index in [4.69, 9.17) is 0 Å². The largest absolute Gasteiger partial charge is 0.326 e. The van der Waals surface area contributed by atoms with Crippen LogP contribution in [-0.2, 0) is 4.79 Å². The van der Waals surface area contributed by atoms with E-state index in [1.165, 1.54) is 23.7 Å². The second-order valence-corrected chi connectivity index (χ2v) is 5.99. The standard InChI is InChI=1S/C17H19FN4O2/c1-11(23)15-5-3-4-10-21(15)17(24)16-19-12(2)22(20-16)14-8-6-13(18)7-9-14/h6-9,15H,3-5,10H2,1-2H3/t15-/m1/s1. The number of piperidine rings is 1. The van der Waals surface area contributed by atoms with Crippen molar-refractivity contribution in [2.75, 3.05) is 6.54 Å². The van der Waals surface area contributed by atoms with Gasteiger partial charge in [-0.2, -0.15) is 0 Å². The summed E-state index contributed by atoms with van der Waals surface area (Å²) >= 11 is 0. The third-order valence-electron chi connectivity index (χ3n) is 4.26. The number of rotatable bonds is 3. The molecule has 2 heterocycles. The second kappa shape index (κ2) is 6.51. The average Bonchev–Trinajstić information content (AvgIpc) is 2.96. The number of aromatic nitrogens is 3. The van der Waals surface area contributed by atoms with Crippen LogP contribution in [0.4, 0.5) is 4.39 Å². The van der Waals surface area contributed by atoms with E-state index in [2.05, 4.69) is 10.1 Å². The number of nitrogens with zero attached hydrogens (tertiary/aromatic N) is 4. The fraction of sp³-hybridized carbons (Fsp3) is 0.412. The van der Waals surface area contributed by atoms with E-state index in [1.54, 1.807) is 24.0 Å². The number of Topliss-reactive ketones (excluding diaryl/α,β-unsaturated/α-hetero) is 1. The number of hydrogen-bond acceptors (Lipinski definition) is 4. The number of halogens is 1. The van der Waals surface area contributed by atoms with Gasteiger partial charge >= 0.3 is 0 Å². The molecular weight excluding hydrogens is 311 g/mol. The lowest BCUT2D eigenvalue weighted by Gasteiger charge is -2.33. The van der Waals surface area contributed by atoms with Crippen molar-refractivity contribution in [2.24, 2.45) is 0 Å². The Morgan fingerprint density at radius 2 is 1.92 bits per heavy atom. The molecule has 0 aliphatic carbocycles. The summed E-state index contributed by atoms with van der Waals surface area (Å²) in [5.74, 6) is -0.103. The SMILES string of the molecule is CC(=O)[C@H]1CCCCN1C(=O)c1nc(C)n(-c2ccc(F)cc2)n1. The van der Waals surface area contributed by atoms with E-state index in [-0.39, 0.29) is 23.3 Å². The molecule has 0 N–H and O–H groups in total. The molecule has 1 aromatic heterocycles. The highest BCUT2D eigenvalue weighted by atomic mass is 19.1. The van der Waals surface area contributed by atoms with Crippen molar-refractivity contribution in [3.05, 3.63) is 41.7 Å². The lowest BCUT2D eigenvalue weighted by molar-refractivity contribution is -0.122.